The van der Waals surface area contributed by atoms with Crippen molar-refractivity contribution in [3.63, 3.8) is 0 Å². The minimum atomic E-state index is -4.38. The number of thiophene rings is 1. The van der Waals surface area contributed by atoms with Gasteiger partial charge in [-0.2, -0.15) is 13.2 Å². The highest BCUT2D eigenvalue weighted by Gasteiger charge is 2.32. The lowest BCUT2D eigenvalue weighted by Gasteiger charge is -2.40. The standard InChI is InChI=1S/C20H21F3N2OS/c21-20(22,23)16-3-1-14(2-4-16)19(26)24-9-5-17(6-10-24)25-11-7-18-15(13-25)8-12-27-18/h1-4,8,12,17H,5-7,9-11,13H2. The number of carbonyl (C=O) groups excluding carboxylic acids is 1. The SMILES string of the molecule is O=C(c1ccc(C(F)(F)F)cc1)N1CCC(N2CCc3sccc3C2)CC1. The number of benzene rings is 1. The van der Waals surface area contributed by atoms with Crippen LogP contribution in [0, 0.1) is 0 Å². The van der Waals surface area contributed by atoms with Crippen LogP contribution in [-0.4, -0.2) is 41.4 Å². The molecule has 7 heteroatoms. The van der Waals surface area contributed by atoms with Crippen LogP contribution in [0.25, 0.3) is 0 Å². The molecular formula is C20H21F3N2OS. The second-order valence-corrected chi connectivity index (χ2v) is 8.19. The van der Waals surface area contributed by atoms with Crippen molar-refractivity contribution in [2.45, 2.75) is 38.0 Å². The van der Waals surface area contributed by atoms with Crippen LogP contribution in [0.4, 0.5) is 13.2 Å². The Morgan fingerprint density at radius 1 is 1.04 bits per heavy atom. The summed E-state index contributed by atoms with van der Waals surface area (Å²) in [6, 6.07) is 7.18. The maximum Gasteiger partial charge on any atom is 0.416 e. The number of nitrogens with zero attached hydrogens (tertiary/aromatic N) is 2. The summed E-state index contributed by atoms with van der Waals surface area (Å²) in [5.41, 5.74) is 1.02. The number of hydrogen-bond donors (Lipinski definition) is 0. The van der Waals surface area contributed by atoms with E-state index in [0.29, 0.717) is 24.7 Å². The first kappa shape index (κ1) is 18.5. The van der Waals surface area contributed by atoms with E-state index in [2.05, 4.69) is 16.3 Å². The van der Waals surface area contributed by atoms with Crippen LogP contribution < -0.4 is 0 Å². The summed E-state index contributed by atoms with van der Waals surface area (Å²) >= 11 is 1.83. The van der Waals surface area contributed by atoms with Crippen molar-refractivity contribution in [1.29, 1.82) is 0 Å². The third kappa shape index (κ3) is 3.89. The van der Waals surface area contributed by atoms with Gasteiger partial charge in [0.2, 0.25) is 0 Å². The molecule has 1 aromatic heterocycles. The van der Waals surface area contributed by atoms with Gasteiger partial charge in [-0.05, 0) is 60.5 Å². The van der Waals surface area contributed by atoms with E-state index in [1.54, 1.807) is 4.90 Å². The highest BCUT2D eigenvalue weighted by molar-refractivity contribution is 7.10. The normalized spacial score (nSPS) is 19.1. The first-order chi connectivity index (χ1) is 12.9. The molecule has 0 aliphatic carbocycles. The summed E-state index contributed by atoms with van der Waals surface area (Å²) in [4.78, 5) is 18.4. The molecule has 27 heavy (non-hydrogen) atoms. The number of likely N-dealkylation sites (tertiary alicyclic amines) is 1. The molecule has 2 aliphatic heterocycles. The van der Waals surface area contributed by atoms with Gasteiger partial charge in [0.15, 0.2) is 0 Å². The van der Waals surface area contributed by atoms with Gasteiger partial charge >= 0.3 is 6.18 Å². The molecule has 0 atom stereocenters. The Hall–Kier alpha value is -1.86. The maximum absolute atomic E-state index is 12.7. The van der Waals surface area contributed by atoms with Crippen molar-refractivity contribution in [1.82, 2.24) is 9.80 Å². The van der Waals surface area contributed by atoms with E-state index in [1.165, 1.54) is 22.6 Å². The van der Waals surface area contributed by atoms with Gasteiger partial charge in [0, 0.05) is 42.7 Å². The largest absolute Gasteiger partial charge is 0.416 e. The number of carbonyl (C=O) groups is 1. The summed E-state index contributed by atoms with van der Waals surface area (Å²) in [6.45, 7) is 3.34. The Balaban J connectivity index is 1.34. The zero-order valence-corrected chi connectivity index (χ0v) is 15.7. The average Bonchev–Trinajstić information content (AvgIpc) is 3.15. The maximum atomic E-state index is 12.7. The molecule has 0 bridgehead atoms. The van der Waals surface area contributed by atoms with Crippen molar-refractivity contribution in [3.8, 4) is 0 Å². The van der Waals surface area contributed by atoms with Crippen LogP contribution in [-0.2, 0) is 19.1 Å². The lowest BCUT2D eigenvalue weighted by molar-refractivity contribution is -0.137. The zero-order chi connectivity index (χ0) is 19.0. The van der Waals surface area contributed by atoms with Gasteiger partial charge < -0.3 is 4.90 Å². The van der Waals surface area contributed by atoms with E-state index >= 15 is 0 Å². The number of piperidine rings is 1. The molecular weight excluding hydrogens is 373 g/mol. The van der Waals surface area contributed by atoms with Crippen LogP contribution in [0.1, 0.15) is 39.2 Å². The third-order valence-corrected chi connectivity index (χ3v) is 6.59. The fraction of sp³-hybridized carbons (Fsp3) is 0.450. The van der Waals surface area contributed by atoms with Gasteiger partial charge in [0.05, 0.1) is 5.56 Å². The Labute approximate surface area is 160 Å². The first-order valence-electron chi connectivity index (χ1n) is 9.17. The monoisotopic (exact) mass is 394 g/mol. The van der Waals surface area contributed by atoms with Crippen LogP contribution in [0.2, 0.25) is 0 Å². The molecule has 0 radical (unpaired) electrons. The van der Waals surface area contributed by atoms with Gasteiger partial charge in [-0.3, -0.25) is 9.69 Å². The predicted octanol–water partition coefficient (Wildman–Crippen LogP) is 4.43. The molecule has 1 saturated heterocycles. The number of halogens is 3. The molecule has 2 aliphatic rings. The van der Waals surface area contributed by atoms with E-state index in [4.69, 9.17) is 0 Å². The smallest absolute Gasteiger partial charge is 0.339 e. The van der Waals surface area contributed by atoms with Gasteiger partial charge in [0.1, 0.15) is 0 Å². The van der Waals surface area contributed by atoms with Gasteiger partial charge in [-0.1, -0.05) is 0 Å². The number of fused-ring (bicyclic) bond motifs is 1. The Morgan fingerprint density at radius 3 is 2.41 bits per heavy atom. The zero-order valence-electron chi connectivity index (χ0n) is 14.8. The number of rotatable bonds is 2. The van der Waals surface area contributed by atoms with Crippen molar-refractivity contribution in [2.75, 3.05) is 19.6 Å². The topological polar surface area (TPSA) is 23.6 Å². The first-order valence-corrected chi connectivity index (χ1v) is 10.1. The summed E-state index contributed by atoms with van der Waals surface area (Å²) in [6.07, 6.45) is -1.47. The minimum absolute atomic E-state index is 0.180. The molecule has 4 rings (SSSR count). The molecule has 1 fully saturated rings. The number of alkyl halides is 3. The molecule has 0 spiro atoms. The molecule has 1 amide bonds. The van der Waals surface area contributed by atoms with Crippen molar-refractivity contribution < 1.29 is 18.0 Å². The molecule has 0 saturated carbocycles. The minimum Gasteiger partial charge on any atom is -0.339 e. The fourth-order valence-electron chi connectivity index (χ4n) is 4.00. The molecule has 0 unspecified atom stereocenters. The lowest BCUT2D eigenvalue weighted by atomic mass is 9.99. The van der Waals surface area contributed by atoms with Gasteiger partial charge in [0.25, 0.3) is 5.91 Å². The van der Waals surface area contributed by atoms with E-state index < -0.39 is 11.7 Å². The fourth-order valence-corrected chi connectivity index (χ4v) is 4.89. The van der Waals surface area contributed by atoms with E-state index in [0.717, 1.165) is 44.5 Å². The third-order valence-electron chi connectivity index (χ3n) is 5.56. The van der Waals surface area contributed by atoms with E-state index in [-0.39, 0.29) is 5.91 Å². The van der Waals surface area contributed by atoms with E-state index in [1.807, 2.05) is 11.3 Å². The van der Waals surface area contributed by atoms with Crippen LogP contribution in [0.15, 0.2) is 35.7 Å². The summed E-state index contributed by atoms with van der Waals surface area (Å²) in [5, 5.41) is 2.15. The van der Waals surface area contributed by atoms with Crippen LogP contribution in [0.3, 0.4) is 0 Å². The summed E-state index contributed by atoms with van der Waals surface area (Å²) < 4.78 is 38.0. The van der Waals surface area contributed by atoms with Gasteiger partial charge in [-0.15, -0.1) is 11.3 Å². The second kappa shape index (κ2) is 7.28. The Bertz CT molecular complexity index is 807. The number of hydrogen-bond acceptors (Lipinski definition) is 3. The van der Waals surface area contributed by atoms with Crippen molar-refractivity contribution in [2.24, 2.45) is 0 Å². The molecule has 2 aromatic rings. The predicted molar refractivity (Wildman–Crippen MR) is 98.8 cm³/mol. The molecule has 0 N–H and O–H groups in total. The summed E-state index contributed by atoms with van der Waals surface area (Å²) in [7, 11) is 0. The van der Waals surface area contributed by atoms with Gasteiger partial charge in [-0.25, -0.2) is 0 Å². The van der Waals surface area contributed by atoms with Crippen molar-refractivity contribution >= 4 is 17.2 Å². The van der Waals surface area contributed by atoms with Crippen LogP contribution in [0.5, 0.6) is 0 Å². The average molecular weight is 394 g/mol. The quantitative estimate of drug-likeness (QED) is 0.752. The van der Waals surface area contributed by atoms with Crippen molar-refractivity contribution in [3.05, 3.63) is 57.3 Å². The lowest BCUT2D eigenvalue weighted by Crippen LogP contribution is -2.47. The Kier molecular flexibility index (Phi) is 4.99. The molecule has 1 aromatic carbocycles. The highest BCUT2D eigenvalue weighted by Crippen LogP contribution is 2.30. The van der Waals surface area contributed by atoms with Crippen LogP contribution >= 0.6 is 11.3 Å². The second-order valence-electron chi connectivity index (χ2n) is 7.19. The Morgan fingerprint density at radius 2 is 1.74 bits per heavy atom. The van der Waals surface area contributed by atoms with E-state index in [9.17, 15) is 18.0 Å². The molecule has 3 nitrogen and oxygen atoms in total. The molecule has 144 valence electrons. The summed E-state index contributed by atoms with van der Waals surface area (Å²) in [5.74, 6) is -0.180. The highest BCUT2D eigenvalue weighted by atomic mass is 32.1. The number of amides is 1. The molecule has 3 heterocycles.